The molecule has 1 fully saturated rings. The summed E-state index contributed by atoms with van der Waals surface area (Å²) in [6.07, 6.45) is 0.903. The van der Waals surface area contributed by atoms with Gasteiger partial charge in [0.15, 0.2) is 0 Å². The Bertz CT molecular complexity index is 375. The third-order valence-corrected chi connectivity index (χ3v) is 3.47. The molecule has 0 saturated heterocycles. The molecule has 2 atom stereocenters. The van der Waals surface area contributed by atoms with Crippen LogP contribution in [-0.2, 0) is 11.0 Å². The van der Waals surface area contributed by atoms with E-state index in [4.69, 9.17) is 0 Å². The molecular weight excluding hydrogens is 184 g/mol. The highest BCUT2D eigenvalue weighted by Crippen LogP contribution is 2.53. The number of aliphatic hydroxyl groups is 1. The Morgan fingerprint density at radius 1 is 1.27 bits per heavy atom. The fourth-order valence-electron chi connectivity index (χ4n) is 2.30. The third kappa shape index (κ3) is 1.69. The molecule has 0 spiro atoms. The summed E-state index contributed by atoms with van der Waals surface area (Å²) in [6.45, 7) is 8.70. The minimum Gasteiger partial charge on any atom is -0.385 e. The van der Waals surface area contributed by atoms with Gasteiger partial charge in [-0.1, -0.05) is 52.0 Å². The maximum Gasteiger partial charge on any atom is 0.0929 e. The predicted molar refractivity (Wildman–Crippen MR) is 62.8 cm³/mol. The van der Waals surface area contributed by atoms with Gasteiger partial charge in [-0.2, -0.15) is 0 Å². The zero-order chi connectivity index (χ0) is 11.3. The molecule has 1 N–H and O–H groups in total. The predicted octanol–water partition coefficient (Wildman–Crippen LogP) is 3.21. The first kappa shape index (κ1) is 10.7. The second kappa shape index (κ2) is 3.08. The fraction of sp³-hybridized carbons (Fsp3) is 0.571. The Balaban J connectivity index is 2.49. The van der Waals surface area contributed by atoms with Crippen LogP contribution in [0, 0.1) is 5.92 Å². The van der Waals surface area contributed by atoms with E-state index in [9.17, 15) is 5.11 Å². The lowest BCUT2D eigenvalue weighted by Crippen LogP contribution is -2.19. The van der Waals surface area contributed by atoms with Gasteiger partial charge < -0.3 is 5.11 Å². The molecule has 1 nitrogen and oxygen atoms in total. The molecule has 2 rings (SSSR count). The highest BCUT2D eigenvalue weighted by atomic mass is 16.3. The van der Waals surface area contributed by atoms with Crippen LogP contribution in [0.5, 0.6) is 0 Å². The number of benzene rings is 1. The molecule has 1 saturated carbocycles. The Kier molecular flexibility index (Phi) is 2.20. The molecule has 0 radical (unpaired) electrons. The molecule has 0 aliphatic heterocycles. The number of rotatable bonds is 1. The second-order valence-electron chi connectivity index (χ2n) is 5.83. The van der Waals surface area contributed by atoms with Crippen LogP contribution in [-0.4, -0.2) is 5.11 Å². The van der Waals surface area contributed by atoms with Gasteiger partial charge in [0.25, 0.3) is 0 Å². The van der Waals surface area contributed by atoms with Crippen molar-refractivity contribution in [2.45, 2.75) is 45.1 Å². The smallest absolute Gasteiger partial charge is 0.0929 e. The molecule has 0 amide bonds. The van der Waals surface area contributed by atoms with Gasteiger partial charge in [-0.3, -0.25) is 0 Å². The van der Waals surface area contributed by atoms with E-state index in [1.807, 2.05) is 6.07 Å². The zero-order valence-electron chi connectivity index (χ0n) is 10.0. The average Bonchev–Trinajstić information content (AvgIpc) is 2.75. The quantitative estimate of drug-likeness (QED) is 0.744. The largest absolute Gasteiger partial charge is 0.385 e. The molecule has 0 heterocycles. The van der Waals surface area contributed by atoms with Crippen molar-refractivity contribution >= 4 is 0 Å². The van der Waals surface area contributed by atoms with Crippen LogP contribution in [0.4, 0.5) is 0 Å². The summed E-state index contributed by atoms with van der Waals surface area (Å²) in [4.78, 5) is 0. The SMILES string of the molecule is CC1CC1(O)c1ccccc1C(C)(C)C. The standard InChI is InChI=1S/C14H20O/c1-10-9-14(10,15)12-8-6-5-7-11(12)13(2,3)4/h5-8,10,15H,9H2,1-4H3. The molecule has 2 unspecified atom stereocenters. The summed E-state index contributed by atoms with van der Waals surface area (Å²) >= 11 is 0. The van der Waals surface area contributed by atoms with E-state index in [0.29, 0.717) is 5.92 Å². The van der Waals surface area contributed by atoms with Crippen LogP contribution < -0.4 is 0 Å². The lowest BCUT2D eigenvalue weighted by molar-refractivity contribution is 0.132. The number of hydrogen-bond acceptors (Lipinski definition) is 1. The van der Waals surface area contributed by atoms with Crippen molar-refractivity contribution in [1.82, 2.24) is 0 Å². The summed E-state index contributed by atoms with van der Waals surface area (Å²) in [5.74, 6) is 0.404. The zero-order valence-corrected chi connectivity index (χ0v) is 10.0. The van der Waals surface area contributed by atoms with Crippen molar-refractivity contribution in [1.29, 1.82) is 0 Å². The fourth-order valence-corrected chi connectivity index (χ4v) is 2.30. The summed E-state index contributed by atoms with van der Waals surface area (Å²) in [5, 5.41) is 10.4. The van der Waals surface area contributed by atoms with Crippen molar-refractivity contribution in [2.75, 3.05) is 0 Å². The van der Waals surface area contributed by atoms with E-state index in [2.05, 4.69) is 45.9 Å². The molecule has 0 aromatic heterocycles. The third-order valence-electron chi connectivity index (χ3n) is 3.47. The minimum absolute atomic E-state index is 0.106. The van der Waals surface area contributed by atoms with Gasteiger partial charge >= 0.3 is 0 Å². The van der Waals surface area contributed by atoms with Crippen molar-refractivity contribution in [3.63, 3.8) is 0 Å². The Morgan fingerprint density at radius 3 is 2.27 bits per heavy atom. The molecular formula is C14H20O. The van der Waals surface area contributed by atoms with E-state index in [1.54, 1.807) is 0 Å². The first-order valence-corrected chi connectivity index (χ1v) is 5.68. The van der Waals surface area contributed by atoms with Gasteiger partial charge in [0.05, 0.1) is 5.60 Å². The van der Waals surface area contributed by atoms with E-state index in [1.165, 1.54) is 5.56 Å². The molecule has 82 valence electrons. The van der Waals surface area contributed by atoms with Crippen LogP contribution in [0.15, 0.2) is 24.3 Å². The van der Waals surface area contributed by atoms with Gasteiger partial charge in [0.2, 0.25) is 0 Å². The first-order chi connectivity index (χ1) is 6.86. The second-order valence-corrected chi connectivity index (χ2v) is 5.83. The minimum atomic E-state index is -0.552. The summed E-state index contributed by atoms with van der Waals surface area (Å²) in [6, 6.07) is 8.29. The van der Waals surface area contributed by atoms with Crippen molar-refractivity contribution < 1.29 is 5.11 Å². The van der Waals surface area contributed by atoms with Crippen LogP contribution in [0.1, 0.15) is 45.2 Å². The van der Waals surface area contributed by atoms with Crippen molar-refractivity contribution in [2.24, 2.45) is 5.92 Å². The first-order valence-electron chi connectivity index (χ1n) is 5.68. The normalized spacial score (nSPS) is 30.3. The van der Waals surface area contributed by atoms with Crippen LogP contribution in [0.3, 0.4) is 0 Å². The summed E-state index contributed by atoms with van der Waals surface area (Å²) in [7, 11) is 0. The maximum absolute atomic E-state index is 10.4. The molecule has 1 aliphatic carbocycles. The van der Waals surface area contributed by atoms with Crippen molar-refractivity contribution in [3.05, 3.63) is 35.4 Å². The van der Waals surface area contributed by atoms with E-state index >= 15 is 0 Å². The highest BCUT2D eigenvalue weighted by molar-refractivity contribution is 5.40. The molecule has 1 heteroatoms. The molecule has 1 aliphatic rings. The van der Waals surface area contributed by atoms with Crippen LogP contribution in [0.2, 0.25) is 0 Å². The summed E-state index contributed by atoms with van der Waals surface area (Å²) < 4.78 is 0. The molecule has 1 aromatic rings. The van der Waals surface area contributed by atoms with E-state index in [0.717, 1.165) is 12.0 Å². The van der Waals surface area contributed by atoms with Gasteiger partial charge in [-0.15, -0.1) is 0 Å². The van der Waals surface area contributed by atoms with Gasteiger partial charge in [-0.25, -0.2) is 0 Å². The monoisotopic (exact) mass is 204 g/mol. The maximum atomic E-state index is 10.4. The van der Waals surface area contributed by atoms with Gasteiger partial charge in [0.1, 0.15) is 0 Å². The van der Waals surface area contributed by atoms with E-state index in [-0.39, 0.29) is 5.41 Å². The molecule has 0 bridgehead atoms. The summed E-state index contributed by atoms with van der Waals surface area (Å²) in [5.41, 5.74) is 1.96. The Hall–Kier alpha value is -0.820. The van der Waals surface area contributed by atoms with Gasteiger partial charge in [-0.05, 0) is 28.9 Å². The number of hydrogen-bond donors (Lipinski definition) is 1. The van der Waals surface area contributed by atoms with E-state index < -0.39 is 5.60 Å². The lowest BCUT2D eigenvalue weighted by atomic mass is 9.81. The van der Waals surface area contributed by atoms with Crippen LogP contribution in [0.25, 0.3) is 0 Å². The Morgan fingerprint density at radius 2 is 1.80 bits per heavy atom. The topological polar surface area (TPSA) is 20.2 Å². The van der Waals surface area contributed by atoms with Crippen molar-refractivity contribution in [3.8, 4) is 0 Å². The average molecular weight is 204 g/mol. The molecule has 1 aromatic carbocycles. The lowest BCUT2D eigenvalue weighted by Gasteiger charge is -2.25. The van der Waals surface area contributed by atoms with Gasteiger partial charge in [0, 0.05) is 0 Å². The van der Waals surface area contributed by atoms with Crippen LogP contribution >= 0.6 is 0 Å². The highest BCUT2D eigenvalue weighted by Gasteiger charge is 2.52. The Labute approximate surface area is 92.1 Å². The molecule has 15 heavy (non-hydrogen) atoms.